The maximum Gasteiger partial charge on any atom is 0.270 e. The maximum absolute atomic E-state index is 11.7. The topological polar surface area (TPSA) is 119 Å². The Labute approximate surface area is 142 Å². The molecule has 0 radical (unpaired) electrons. The van der Waals surface area contributed by atoms with Crippen LogP contribution in [0.2, 0.25) is 0 Å². The summed E-state index contributed by atoms with van der Waals surface area (Å²) in [6.45, 7) is 6.94. The van der Waals surface area contributed by atoms with Gasteiger partial charge in [-0.05, 0) is 31.4 Å². The van der Waals surface area contributed by atoms with E-state index in [1.807, 2.05) is 0 Å². The fraction of sp³-hybridized carbons (Fsp3) is 0.600. The maximum atomic E-state index is 11.7. The van der Waals surface area contributed by atoms with Crippen molar-refractivity contribution in [3.05, 3.63) is 28.3 Å². The summed E-state index contributed by atoms with van der Waals surface area (Å²) in [6, 6.07) is 3.99. The summed E-state index contributed by atoms with van der Waals surface area (Å²) in [7, 11) is -4.05. The number of likely N-dealkylation sites (tertiary alicyclic amines) is 1. The van der Waals surface area contributed by atoms with Crippen LogP contribution < -0.4 is 10.5 Å². The van der Waals surface area contributed by atoms with Crippen molar-refractivity contribution in [2.75, 3.05) is 25.0 Å². The number of sulfonamides is 1. The molecule has 1 aliphatic rings. The quantitative estimate of drug-likeness (QED) is 0.568. The highest BCUT2D eigenvalue weighted by molar-refractivity contribution is 7.89. The van der Waals surface area contributed by atoms with Gasteiger partial charge in [0, 0.05) is 31.3 Å². The van der Waals surface area contributed by atoms with Gasteiger partial charge in [0.05, 0.1) is 10.6 Å². The Morgan fingerprint density at radius 3 is 2.75 bits per heavy atom. The summed E-state index contributed by atoms with van der Waals surface area (Å²) in [6.07, 6.45) is 2.15. The van der Waals surface area contributed by atoms with Crippen molar-refractivity contribution < 1.29 is 13.3 Å². The van der Waals surface area contributed by atoms with Crippen molar-refractivity contribution in [2.24, 2.45) is 11.1 Å². The van der Waals surface area contributed by atoms with Crippen LogP contribution in [0.15, 0.2) is 23.1 Å². The van der Waals surface area contributed by atoms with E-state index >= 15 is 0 Å². The number of nitrogens with two attached hydrogens (primary N) is 1. The van der Waals surface area contributed by atoms with E-state index in [9.17, 15) is 18.5 Å². The summed E-state index contributed by atoms with van der Waals surface area (Å²) in [5, 5.41) is 19.2. The van der Waals surface area contributed by atoms with Gasteiger partial charge in [-0.2, -0.15) is 0 Å². The lowest BCUT2D eigenvalue weighted by Crippen LogP contribution is -2.37. The first-order valence-electron chi connectivity index (χ1n) is 7.97. The first-order valence-corrected chi connectivity index (χ1v) is 9.52. The number of non-ortho nitro benzene ring substituents is 1. The largest absolute Gasteiger partial charge is 0.382 e. The van der Waals surface area contributed by atoms with Gasteiger partial charge >= 0.3 is 0 Å². The van der Waals surface area contributed by atoms with Gasteiger partial charge in [-0.15, -0.1) is 0 Å². The van der Waals surface area contributed by atoms with Crippen molar-refractivity contribution in [2.45, 2.75) is 37.6 Å². The molecule has 1 fully saturated rings. The minimum absolute atomic E-state index is 0.245. The molecule has 9 heteroatoms. The summed E-state index contributed by atoms with van der Waals surface area (Å²) in [4.78, 5) is 12.4. The Hall–Kier alpha value is -1.71. The SMILES string of the molecule is CC(C)CN1CCC[C@H]1CNc1ccc([N+](=O)[O-])cc1S(N)(=O)=O. The number of hydrogen-bond acceptors (Lipinski definition) is 6. The number of nitro groups is 1. The van der Waals surface area contributed by atoms with E-state index in [1.165, 1.54) is 12.1 Å². The predicted octanol–water partition coefficient (Wildman–Crippen LogP) is 1.77. The second kappa shape index (κ2) is 7.45. The molecule has 1 aromatic carbocycles. The fourth-order valence-corrected chi connectivity index (χ4v) is 3.80. The van der Waals surface area contributed by atoms with E-state index in [0.29, 0.717) is 24.2 Å². The summed E-state index contributed by atoms with van der Waals surface area (Å²) < 4.78 is 23.5. The number of nitrogens with zero attached hydrogens (tertiary/aromatic N) is 2. The molecule has 0 amide bonds. The van der Waals surface area contributed by atoms with Gasteiger partial charge in [-0.3, -0.25) is 15.0 Å². The molecular weight excluding hydrogens is 332 g/mol. The van der Waals surface area contributed by atoms with Gasteiger partial charge in [-0.1, -0.05) is 13.8 Å². The highest BCUT2D eigenvalue weighted by atomic mass is 32.2. The molecule has 1 aliphatic heterocycles. The minimum Gasteiger partial charge on any atom is -0.382 e. The number of primary sulfonamides is 1. The molecule has 0 spiro atoms. The minimum atomic E-state index is -4.05. The first-order chi connectivity index (χ1) is 11.2. The molecule has 0 saturated carbocycles. The lowest BCUT2D eigenvalue weighted by Gasteiger charge is -2.27. The molecule has 3 N–H and O–H groups in total. The molecule has 0 unspecified atom stereocenters. The van der Waals surface area contributed by atoms with Crippen LogP contribution in [0.1, 0.15) is 26.7 Å². The molecule has 2 rings (SSSR count). The van der Waals surface area contributed by atoms with E-state index in [4.69, 9.17) is 5.14 Å². The van der Waals surface area contributed by atoms with Crippen LogP contribution in [0.5, 0.6) is 0 Å². The molecule has 1 saturated heterocycles. The Kier molecular flexibility index (Phi) is 5.79. The smallest absolute Gasteiger partial charge is 0.270 e. The van der Waals surface area contributed by atoms with Crippen molar-refractivity contribution >= 4 is 21.4 Å². The zero-order chi connectivity index (χ0) is 17.9. The van der Waals surface area contributed by atoms with Gasteiger partial charge < -0.3 is 5.32 Å². The van der Waals surface area contributed by atoms with Crippen LogP contribution in [0.4, 0.5) is 11.4 Å². The third kappa shape index (κ3) is 4.65. The number of anilines is 1. The van der Waals surface area contributed by atoms with Crippen LogP contribution in [-0.4, -0.2) is 43.9 Å². The van der Waals surface area contributed by atoms with Crippen molar-refractivity contribution in [3.63, 3.8) is 0 Å². The standard InChI is InChI=1S/C15H24N4O4S/c1-11(2)10-18-7-3-4-13(18)9-17-14-6-5-12(19(20)21)8-15(14)24(16,22)23/h5-6,8,11,13,17H,3-4,7,9-10H2,1-2H3,(H2,16,22,23)/t13-/m0/s1. The monoisotopic (exact) mass is 356 g/mol. The molecule has 8 nitrogen and oxygen atoms in total. The third-order valence-electron chi connectivity index (χ3n) is 4.11. The Morgan fingerprint density at radius 2 is 2.17 bits per heavy atom. The van der Waals surface area contributed by atoms with Crippen LogP contribution in [0.3, 0.4) is 0 Å². The van der Waals surface area contributed by atoms with Crippen molar-refractivity contribution in [1.82, 2.24) is 4.90 Å². The summed E-state index contributed by atoms with van der Waals surface area (Å²) in [5.41, 5.74) is 0.00590. The third-order valence-corrected chi connectivity index (χ3v) is 5.06. The zero-order valence-electron chi connectivity index (χ0n) is 13.9. The zero-order valence-corrected chi connectivity index (χ0v) is 14.8. The fourth-order valence-electron chi connectivity index (χ4n) is 3.07. The lowest BCUT2D eigenvalue weighted by molar-refractivity contribution is -0.385. The van der Waals surface area contributed by atoms with E-state index in [0.717, 1.165) is 32.0 Å². The van der Waals surface area contributed by atoms with E-state index < -0.39 is 14.9 Å². The summed E-state index contributed by atoms with van der Waals surface area (Å²) >= 11 is 0. The van der Waals surface area contributed by atoms with Gasteiger partial charge in [0.15, 0.2) is 0 Å². The molecule has 134 valence electrons. The average molecular weight is 356 g/mol. The van der Waals surface area contributed by atoms with Crippen molar-refractivity contribution in [1.29, 1.82) is 0 Å². The molecule has 0 aliphatic carbocycles. The number of rotatable bonds is 7. The first kappa shape index (κ1) is 18.6. The highest BCUT2D eigenvalue weighted by Gasteiger charge is 2.26. The Bertz CT molecular complexity index is 705. The van der Waals surface area contributed by atoms with Gasteiger partial charge in [0.1, 0.15) is 4.90 Å². The van der Waals surface area contributed by atoms with E-state index in [2.05, 4.69) is 24.1 Å². The molecule has 1 heterocycles. The molecule has 0 bridgehead atoms. The average Bonchev–Trinajstić information content (AvgIpc) is 2.90. The van der Waals surface area contributed by atoms with Gasteiger partial charge in [0.25, 0.3) is 5.69 Å². The summed E-state index contributed by atoms with van der Waals surface area (Å²) in [5.74, 6) is 0.560. The van der Waals surface area contributed by atoms with E-state index in [1.54, 1.807) is 0 Å². The number of hydrogen-bond donors (Lipinski definition) is 2. The van der Waals surface area contributed by atoms with Crippen LogP contribution in [-0.2, 0) is 10.0 Å². The molecule has 1 aromatic rings. The van der Waals surface area contributed by atoms with E-state index in [-0.39, 0.29) is 10.6 Å². The van der Waals surface area contributed by atoms with Gasteiger partial charge in [0.2, 0.25) is 10.0 Å². The molecular formula is C15H24N4O4S. The number of benzene rings is 1. The normalized spacial score (nSPS) is 18.9. The van der Waals surface area contributed by atoms with Crippen molar-refractivity contribution in [3.8, 4) is 0 Å². The second-order valence-corrected chi connectivity index (χ2v) is 8.08. The second-order valence-electron chi connectivity index (χ2n) is 6.55. The highest BCUT2D eigenvalue weighted by Crippen LogP contribution is 2.26. The number of nitro benzene ring substituents is 1. The Balaban J connectivity index is 2.16. The molecule has 1 atom stereocenters. The molecule has 0 aromatic heterocycles. The van der Waals surface area contributed by atoms with Crippen LogP contribution in [0.25, 0.3) is 0 Å². The Morgan fingerprint density at radius 1 is 1.46 bits per heavy atom. The van der Waals surface area contributed by atoms with Crippen LogP contribution >= 0.6 is 0 Å². The van der Waals surface area contributed by atoms with Gasteiger partial charge in [-0.25, -0.2) is 13.6 Å². The predicted molar refractivity (Wildman–Crippen MR) is 92.4 cm³/mol. The van der Waals surface area contributed by atoms with Crippen LogP contribution in [0, 0.1) is 16.0 Å². The lowest BCUT2D eigenvalue weighted by atomic mass is 10.1. The number of nitrogens with one attached hydrogen (secondary N) is 1. The molecule has 24 heavy (non-hydrogen) atoms.